The average molecular weight is 873 g/mol. The van der Waals surface area contributed by atoms with E-state index in [1.54, 1.807) is 0 Å². The Balaban J connectivity index is 1.17. The lowest BCUT2D eigenvalue weighted by Crippen LogP contribution is -2.26. The van der Waals surface area contributed by atoms with Crippen molar-refractivity contribution < 1.29 is 4.74 Å². The van der Waals surface area contributed by atoms with E-state index in [1.165, 1.54) is 61.2 Å². The summed E-state index contributed by atoms with van der Waals surface area (Å²) >= 11 is 0. The van der Waals surface area contributed by atoms with Gasteiger partial charge in [0.1, 0.15) is 24.0 Å². The third-order valence-corrected chi connectivity index (χ3v) is 13.8. The number of ether oxygens (including phenoxy) is 1. The highest BCUT2D eigenvalue weighted by molar-refractivity contribution is 6.11. The Morgan fingerprint density at radius 2 is 0.985 bits per heavy atom. The molecule has 0 atom stereocenters. The molecule has 5 heteroatoms. The fraction of sp³-hybridized carbons (Fsp3) is 0.328. The zero-order valence-corrected chi connectivity index (χ0v) is 41.8. The summed E-state index contributed by atoms with van der Waals surface area (Å²) in [6.45, 7) is 32.8. The molecule has 0 bridgehead atoms. The second-order valence-corrected chi connectivity index (χ2v) is 23.2. The van der Waals surface area contributed by atoms with E-state index in [-0.39, 0.29) is 27.1 Å². The number of hydrogen-bond donors (Lipinski definition) is 0. The number of aromatic nitrogens is 2. The predicted molar refractivity (Wildman–Crippen MR) is 280 cm³/mol. The molecule has 0 radical (unpaired) electrons. The van der Waals surface area contributed by atoms with Gasteiger partial charge in [-0.05, 0) is 116 Å². The molecule has 2 aromatic heterocycles. The second-order valence-electron chi connectivity index (χ2n) is 23.2. The summed E-state index contributed by atoms with van der Waals surface area (Å²) in [5.74, 6) is 2.52. The summed E-state index contributed by atoms with van der Waals surface area (Å²) in [6, 6.07) is 51.4. The van der Waals surface area contributed by atoms with Gasteiger partial charge in [0.15, 0.2) is 0 Å². The number of pyridine rings is 1. The molecule has 9 rings (SSSR count). The molecular formula is C61H68N4O. The van der Waals surface area contributed by atoms with Crippen LogP contribution in [-0.2, 0) is 27.1 Å². The Morgan fingerprint density at radius 3 is 1.61 bits per heavy atom. The van der Waals surface area contributed by atoms with Gasteiger partial charge in [0, 0.05) is 45.9 Å². The van der Waals surface area contributed by atoms with E-state index in [4.69, 9.17) is 9.72 Å². The molecule has 0 unspecified atom stereocenters. The van der Waals surface area contributed by atoms with Crippen molar-refractivity contribution in [2.24, 2.45) is 0 Å². The monoisotopic (exact) mass is 873 g/mol. The van der Waals surface area contributed by atoms with Crippen LogP contribution in [0.5, 0.6) is 11.5 Å². The second kappa shape index (κ2) is 15.9. The molecule has 1 aliphatic heterocycles. The highest BCUT2D eigenvalue weighted by Crippen LogP contribution is 2.49. The SMILES string of the molecule is CC(C)(C)c1cc(Oc2cc(C(C)(C)C)c3c4ccccc4n(-c4cc(C(C)(C)C)ccn4)c3c2)cc(N2CN(c3cc(C(C)(C)C)cc(C(C)(C)c4ccccc4)c3)c3ccccc32)c1. The Bertz CT molecular complexity index is 3110. The van der Waals surface area contributed by atoms with Crippen molar-refractivity contribution in [1.82, 2.24) is 9.55 Å². The summed E-state index contributed by atoms with van der Waals surface area (Å²) in [5, 5.41) is 2.45. The maximum atomic E-state index is 7.20. The quantitative estimate of drug-likeness (QED) is 0.160. The first kappa shape index (κ1) is 44.9. The number of rotatable bonds is 7. The minimum Gasteiger partial charge on any atom is -0.457 e. The average Bonchev–Trinajstić information content (AvgIpc) is 3.81. The number of para-hydroxylation sites is 3. The zero-order chi connectivity index (χ0) is 47.1. The van der Waals surface area contributed by atoms with E-state index in [0.717, 1.165) is 34.0 Å². The van der Waals surface area contributed by atoms with Crippen LogP contribution < -0.4 is 14.5 Å². The minimum atomic E-state index is -0.194. The molecule has 0 spiro atoms. The third kappa shape index (κ3) is 8.27. The fourth-order valence-electron chi connectivity index (χ4n) is 9.58. The summed E-state index contributed by atoms with van der Waals surface area (Å²) in [4.78, 5) is 9.95. The fourth-order valence-corrected chi connectivity index (χ4v) is 9.58. The Morgan fingerprint density at radius 1 is 0.439 bits per heavy atom. The van der Waals surface area contributed by atoms with Crippen molar-refractivity contribution in [2.45, 2.75) is 124 Å². The summed E-state index contributed by atoms with van der Waals surface area (Å²) in [5.41, 5.74) is 13.9. The topological polar surface area (TPSA) is 33.5 Å². The molecule has 0 aliphatic carbocycles. The molecule has 8 aromatic rings. The van der Waals surface area contributed by atoms with Crippen molar-refractivity contribution >= 4 is 44.6 Å². The number of anilines is 4. The highest BCUT2D eigenvalue weighted by atomic mass is 16.5. The predicted octanol–water partition coefficient (Wildman–Crippen LogP) is 16.7. The molecule has 6 aromatic carbocycles. The van der Waals surface area contributed by atoms with Gasteiger partial charge >= 0.3 is 0 Å². The number of nitrogens with zero attached hydrogens (tertiary/aromatic N) is 4. The van der Waals surface area contributed by atoms with Gasteiger partial charge in [0.05, 0.1) is 22.4 Å². The van der Waals surface area contributed by atoms with E-state index in [1.807, 2.05) is 6.20 Å². The lowest BCUT2D eigenvalue weighted by molar-refractivity contribution is 0.476. The van der Waals surface area contributed by atoms with Crippen LogP contribution in [0, 0.1) is 0 Å². The van der Waals surface area contributed by atoms with Crippen molar-refractivity contribution in [3.63, 3.8) is 0 Å². The number of fused-ring (bicyclic) bond motifs is 4. The van der Waals surface area contributed by atoms with E-state index in [0.29, 0.717) is 6.67 Å². The number of benzene rings is 6. The van der Waals surface area contributed by atoms with Gasteiger partial charge in [-0.3, -0.25) is 4.57 Å². The van der Waals surface area contributed by atoms with Crippen molar-refractivity contribution in [1.29, 1.82) is 0 Å². The zero-order valence-electron chi connectivity index (χ0n) is 41.8. The lowest BCUT2D eigenvalue weighted by atomic mass is 9.75. The molecule has 5 nitrogen and oxygen atoms in total. The van der Waals surface area contributed by atoms with Crippen LogP contribution in [0.15, 0.2) is 146 Å². The molecule has 0 amide bonds. The van der Waals surface area contributed by atoms with Crippen molar-refractivity contribution in [3.8, 4) is 17.3 Å². The maximum absolute atomic E-state index is 7.20. The molecule has 0 N–H and O–H groups in total. The molecule has 1 aliphatic rings. The lowest BCUT2D eigenvalue weighted by Gasteiger charge is -2.32. The molecule has 0 saturated heterocycles. The first-order valence-electron chi connectivity index (χ1n) is 23.7. The van der Waals surface area contributed by atoms with Crippen LogP contribution in [-0.4, -0.2) is 16.2 Å². The highest BCUT2D eigenvalue weighted by Gasteiger charge is 2.33. The molecular weight excluding hydrogens is 805 g/mol. The van der Waals surface area contributed by atoms with Crippen LogP contribution >= 0.6 is 0 Å². The van der Waals surface area contributed by atoms with Gasteiger partial charge in [0.25, 0.3) is 0 Å². The van der Waals surface area contributed by atoms with E-state index >= 15 is 0 Å². The summed E-state index contributed by atoms with van der Waals surface area (Å²) < 4.78 is 9.53. The van der Waals surface area contributed by atoms with Crippen molar-refractivity contribution in [2.75, 3.05) is 16.5 Å². The van der Waals surface area contributed by atoms with Crippen molar-refractivity contribution in [3.05, 3.63) is 179 Å². The Kier molecular flexibility index (Phi) is 10.8. The summed E-state index contributed by atoms with van der Waals surface area (Å²) in [6.07, 6.45) is 1.95. The van der Waals surface area contributed by atoms with Crippen LogP contribution in [0.25, 0.3) is 27.6 Å². The molecule has 66 heavy (non-hydrogen) atoms. The van der Waals surface area contributed by atoms with Gasteiger partial charge in [-0.1, -0.05) is 164 Å². The first-order chi connectivity index (χ1) is 31.0. The van der Waals surface area contributed by atoms with E-state index < -0.39 is 0 Å². The van der Waals surface area contributed by atoms with Gasteiger partial charge in [-0.15, -0.1) is 0 Å². The van der Waals surface area contributed by atoms with E-state index in [2.05, 4.69) is 251 Å². The Hall–Kier alpha value is -6.33. The summed E-state index contributed by atoms with van der Waals surface area (Å²) in [7, 11) is 0. The molecule has 0 fully saturated rings. The standard InChI is InChI=1S/C61H68N4O/c1-57(2,3)41-28-29-62-55(35-41)65-51-25-19-18-24-49(51)56-50(60(10,11)12)37-48(38-54(56)65)66-47-34-43(59(7,8)9)32-46(36-47)64-39-63(52-26-20-21-27-53(52)64)45-31-42(58(4,5)6)30-44(33-45)61(13,14)40-22-16-15-17-23-40/h15-38H,39H2,1-14H3. The maximum Gasteiger partial charge on any atom is 0.137 e. The number of hydrogen-bond acceptors (Lipinski definition) is 4. The van der Waals surface area contributed by atoms with Crippen LogP contribution in [0.3, 0.4) is 0 Å². The van der Waals surface area contributed by atoms with Crippen LogP contribution in [0.4, 0.5) is 22.7 Å². The Labute approximate surface area is 394 Å². The normalized spacial score (nSPS) is 13.8. The van der Waals surface area contributed by atoms with Gasteiger partial charge < -0.3 is 14.5 Å². The largest absolute Gasteiger partial charge is 0.457 e. The van der Waals surface area contributed by atoms with Crippen LogP contribution in [0.1, 0.15) is 130 Å². The molecule has 0 saturated carbocycles. The van der Waals surface area contributed by atoms with Gasteiger partial charge in [0.2, 0.25) is 0 Å². The minimum absolute atomic E-state index is 0.0252. The van der Waals surface area contributed by atoms with Gasteiger partial charge in [-0.2, -0.15) is 0 Å². The van der Waals surface area contributed by atoms with Crippen LogP contribution in [0.2, 0.25) is 0 Å². The van der Waals surface area contributed by atoms with Gasteiger partial charge in [-0.25, -0.2) is 4.98 Å². The molecule has 3 heterocycles. The van der Waals surface area contributed by atoms with E-state index in [9.17, 15) is 0 Å². The first-order valence-corrected chi connectivity index (χ1v) is 23.7. The molecule has 338 valence electrons. The third-order valence-electron chi connectivity index (χ3n) is 13.8. The smallest absolute Gasteiger partial charge is 0.137 e.